The van der Waals surface area contributed by atoms with Gasteiger partial charge in [0.05, 0.1) is 31.9 Å². The molecule has 2 aliphatic rings. The number of methoxy groups -OCH3 is 1. The van der Waals surface area contributed by atoms with Crippen molar-refractivity contribution >= 4 is 0 Å². The summed E-state index contributed by atoms with van der Waals surface area (Å²) in [7, 11) is 1.83. The Kier molecular flexibility index (Phi) is 4.97. The fraction of sp³-hybridized carbons (Fsp3) is 0.600. The molecule has 5 nitrogen and oxygen atoms in total. The van der Waals surface area contributed by atoms with Crippen molar-refractivity contribution in [2.45, 2.75) is 25.9 Å². The molecule has 0 saturated carbocycles. The van der Waals surface area contributed by atoms with Crippen LogP contribution in [0.25, 0.3) is 0 Å². The summed E-state index contributed by atoms with van der Waals surface area (Å²) < 4.78 is 16.3. The standard InChI is InChI=1S/C20H28N2O3/c1-23-15-18-12-22(13-19-3-2-9-25-19)16-20(18)5-7-21(8-6-20)11-17-4-10-24-14-17/h2-4,9-10,14,18H,5-8,11-13,15-16H2,1H3/t18-/m1/s1. The smallest absolute Gasteiger partial charge is 0.117 e. The Morgan fingerprint density at radius 2 is 2.04 bits per heavy atom. The minimum Gasteiger partial charge on any atom is -0.472 e. The van der Waals surface area contributed by atoms with E-state index in [0.29, 0.717) is 11.3 Å². The Hall–Kier alpha value is -1.56. The van der Waals surface area contributed by atoms with Gasteiger partial charge in [0, 0.05) is 38.2 Å². The average molecular weight is 344 g/mol. The van der Waals surface area contributed by atoms with E-state index in [9.17, 15) is 0 Å². The summed E-state index contributed by atoms with van der Waals surface area (Å²) in [6.07, 6.45) is 7.88. The fourth-order valence-corrected chi connectivity index (χ4v) is 4.68. The van der Waals surface area contributed by atoms with Gasteiger partial charge in [0.25, 0.3) is 0 Å². The van der Waals surface area contributed by atoms with Gasteiger partial charge in [-0.25, -0.2) is 0 Å². The normalized spacial score (nSPS) is 24.3. The third-order valence-corrected chi connectivity index (χ3v) is 6.05. The van der Waals surface area contributed by atoms with E-state index in [1.165, 1.54) is 18.4 Å². The van der Waals surface area contributed by atoms with Crippen molar-refractivity contribution in [2.24, 2.45) is 11.3 Å². The van der Waals surface area contributed by atoms with Crippen LogP contribution in [0, 0.1) is 11.3 Å². The first-order valence-corrected chi connectivity index (χ1v) is 9.24. The van der Waals surface area contributed by atoms with E-state index in [0.717, 1.165) is 51.6 Å². The van der Waals surface area contributed by atoms with Gasteiger partial charge in [-0.05, 0) is 49.5 Å². The van der Waals surface area contributed by atoms with Gasteiger partial charge < -0.3 is 13.6 Å². The van der Waals surface area contributed by atoms with Crippen LogP contribution < -0.4 is 0 Å². The van der Waals surface area contributed by atoms with Gasteiger partial charge in [-0.2, -0.15) is 0 Å². The molecular formula is C20H28N2O3. The first kappa shape index (κ1) is 16.9. The lowest BCUT2D eigenvalue weighted by Crippen LogP contribution is -2.44. The van der Waals surface area contributed by atoms with E-state index in [-0.39, 0.29) is 0 Å². The number of furan rings is 2. The molecule has 0 N–H and O–H groups in total. The number of hydrogen-bond donors (Lipinski definition) is 0. The van der Waals surface area contributed by atoms with E-state index >= 15 is 0 Å². The van der Waals surface area contributed by atoms with Crippen molar-refractivity contribution < 1.29 is 13.6 Å². The zero-order chi connectivity index (χ0) is 17.1. The summed E-state index contributed by atoms with van der Waals surface area (Å²) in [5.41, 5.74) is 1.66. The van der Waals surface area contributed by atoms with Crippen LogP contribution in [0.2, 0.25) is 0 Å². The third-order valence-electron chi connectivity index (χ3n) is 6.05. The fourth-order valence-electron chi connectivity index (χ4n) is 4.68. The summed E-state index contributed by atoms with van der Waals surface area (Å²) in [5.74, 6) is 1.68. The van der Waals surface area contributed by atoms with E-state index in [4.69, 9.17) is 13.6 Å². The number of likely N-dealkylation sites (tertiary alicyclic amines) is 2. The Labute approximate surface area is 149 Å². The van der Waals surface area contributed by atoms with E-state index < -0.39 is 0 Å². The van der Waals surface area contributed by atoms with Crippen LogP contribution in [0.15, 0.2) is 45.8 Å². The zero-order valence-corrected chi connectivity index (χ0v) is 15.0. The topological polar surface area (TPSA) is 42.0 Å². The zero-order valence-electron chi connectivity index (χ0n) is 15.0. The van der Waals surface area contributed by atoms with E-state index in [1.807, 2.05) is 19.4 Å². The van der Waals surface area contributed by atoms with Crippen molar-refractivity contribution in [3.8, 4) is 0 Å². The van der Waals surface area contributed by atoms with Crippen LogP contribution in [0.5, 0.6) is 0 Å². The van der Waals surface area contributed by atoms with Gasteiger partial charge >= 0.3 is 0 Å². The van der Waals surface area contributed by atoms with Crippen LogP contribution in [-0.4, -0.2) is 49.7 Å². The molecule has 4 rings (SSSR count). The van der Waals surface area contributed by atoms with E-state index in [2.05, 4.69) is 21.9 Å². The molecule has 0 aromatic carbocycles. The number of rotatable bonds is 6. The number of nitrogens with zero attached hydrogens (tertiary/aromatic N) is 2. The Morgan fingerprint density at radius 1 is 1.16 bits per heavy atom. The highest BCUT2D eigenvalue weighted by atomic mass is 16.5. The van der Waals surface area contributed by atoms with Crippen LogP contribution in [0.1, 0.15) is 24.2 Å². The second kappa shape index (κ2) is 7.36. The van der Waals surface area contributed by atoms with Crippen molar-refractivity contribution in [3.63, 3.8) is 0 Å². The molecule has 2 aromatic heterocycles. The van der Waals surface area contributed by atoms with Crippen LogP contribution in [-0.2, 0) is 17.8 Å². The molecule has 136 valence electrons. The highest BCUT2D eigenvalue weighted by molar-refractivity contribution is 5.07. The number of piperidine rings is 1. The predicted octanol–water partition coefficient (Wildman–Crippen LogP) is 3.23. The SMILES string of the molecule is COC[C@H]1CN(Cc2ccco2)CC12CCN(Cc1ccoc1)CC2. The molecule has 2 aliphatic heterocycles. The lowest BCUT2D eigenvalue weighted by atomic mass is 9.71. The molecule has 0 radical (unpaired) electrons. The third kappa shape index (κ3) is 3.68. The van der Waals surface area contributed by atoms with Gasteiger partial charge in [-0.1, -0.05) is 0 Å². The minimum absolute atomic E-state index is 0.384. The number of ether oxygens (including phenoxy) is 1. The van der Waals surface area contributed by atoms with Crippen molar-refractivity contribution in [1.29, 1.82) is 0 Å². The molecule has 2 fully saturated rings. The second-order valence-corrected chi connectivity index (χ2v) is 7.67. The molecule has 4 heterocycles. The maximum absolute atomic E-state index is 5.57. The largest absolute Gasteiger partial charge is 0.472 e. The molecule has 0 bridgehead atoms. The molecule has 2 saturated heterocycles. The van der Waals surface area contributed by atoms with Crippen molar-refractivity contribution in [3.05, 3.63) is 48.3 Å². The summed E-state index contributed by atoms with van der Waals surface area (Å²) in [6, 6.07) is 6.12. The molecule has 5 heteroatoms. The molecule has 25 heavy (non-hydrogen) atoms. The molecule has 0 aliphatic carbocycles. The van der Waals surface area contributed by atoms with Gasteiger partial charge in [-0.15, -0.1) is 0 Å². The summed E-state index contributed by atoms with van der Waals surface area (Å²) in [6.45, 7) is 7.33. The lowest BCUT2D eigenvalue weighted by molar-refractivity contribution is 0.0349. The van der Waals surface area contributed by atoms with E-state index in [1.54, 1.807) is 12.5 Å². The van der Waals surface area contributed by atoms with Crippen molar-refractivity contribution in [1.82, 2.24) is 9.80 Å². The maximum Gasteiger partial charge on any atom is 0.117 e. The molecule has 1 atom stereocenters. The highest BCUT2D eigenvalue weighted by Crippen LogP contribution is 2.45. The van der Waals surface area contributed by atoms with Crippen LogP contribution in [0.3, 0.4) is 0 Å². The first-order chi connectivity index (χ1) is 12.3. The second-order valence-electron chi connectivity index (χ2n) is 7.67. The summed E-state index contributed by atoms with van der Waals surface area (Å²) in [5, 5.41) is 0. The molecule has 2 aromatic rings. The highest BCUT2D eigenvalue weighted by Gasteiger charge is 2.47. The van der Waals surface area contributed by atoms with Gasteiger partial charge in [0.1, 0.15) is 5.76 Å². The molecule has 1 spiro atoms. The lowest BCUT2D eigenvalue weighted by Gasteiger charge is -2.42. The molecule has 0 amide bonds. The molecule has 0 unspecified atom stereocenters. The summed E-state index contributed by atoms with van der Waals surface area (Å²) in [4.78, 5) is 5.10. The van der Waals surface area contributed by atoms with Gasteiger partial charge in [-0.3, -0.25) is 9.80 Å². The minimum atomic E-state index is 0.384. The number of hydrogen-bond acceptors (Lipinski definition) is 5. The monoisotopic (exact) mass is 344 g/mol. The Bertz CT molecular complexity index is 630. The Morgan fingerprint density at radius 3 is 2.72 bits per heavy atom. The quantitative estimate of drug-likeness (QED) is 0.805. The predicted molar refractivity (Wildman–Crippen MR) is 95.0 cm³/mol. The van der Waals surface area contributed by atoms with Crippen LogP contribution in [0.4, 0.5) is 0 Å². The summed E-state index contributed by atoms with van der Waals surface area (Å²) >= 11 is 0. The van der Waals surface area contributed by atoms with Gasteiger partial charge in [0.15, 0.2) is 0 Å². The van der Waals surface area contributed by atoms with Crippen molar-refractivity contribution in [2.75, 3.05) is 39.9 Å². The van der Waals surface area contributed by atoms with Crippen LogP contribution >= 0.6 is 0 Å². The average Bonchev–Trinajstić information content (AvgIpc) is 3.34. The maximum atomic E-state index is 5.57. The molecular weight excluding hydrogens is 316 g/mol. The Balaban J connectivity index is 1.38. The first-order valence-electron chi connectivity index (χ1n) is 9.24. The van der Waals surface area contributed by atoms with Gasteiger partial charge in [0.2, 0.25) is 0 Å².